The molecule has 0 bridgehead atoms. The molecule has 1 N–H and O–H groups in total. The molecule has 0 heterocycles. The highest BCUT2D eigenvalue weighted by atomic mass is 16.6. The minimum absolute atomic E-state index is 0.231. The van der Waals surface area contributed by atoms with Crippen molar-refractivity contribution in [3.05, 3.63) is 35.9 Å². The highest BCUT2D eigenvalue weighted by Crippen LogP contribution is 2.18. The van der Waals surface area contributed by atoms with Crippen LogP contribution in [0.1, 0.15) is 39.3 Å². The maximum atomic E-state index is 12.1. The van der Waals surface area contributed by atoms with E-state index in [0.29, 0.717) is 0 Å². The molecule has 0 radical (unpaired) electrons. The molecule has 0 saturated carbocycles. The van der Waals surface area contributed by atoms with Crippen LogP contribution in [0.5, 0.6) is 0 Å². The van der Waals surface area contributed by atoms with Crippen LogP contribution in [0.15, 0.2) is 30.3 Å². The second-order valence-electron chi connectivity index (χ2n) is 4.93. The Hall–Kier alpha value is -1.35. The Kier molecular flexibility index (Phi) is 4.70. The van der Waals surface area contributed by atoms with Crippen molar-refractivity contribution >= 4 is 5.97 Å². The lowest BCUT2D eigenvalue weighted by Gasteiger charge is -2.24. The van der Waals surface area contributed by atoms with Crippen molar-refractivity contribution in [2.45, 2.75) is 39.3 Å². The lowest BCUT2D eigenvalue weighted by atomic mass is 10.1. The molecule has 0 amide bonds. The largest absolute Gasteiger partial charge is 0.459 e. The molecule has 0 aliphatic rings. The van der Waals surface area contributed by atoms with Gasteiger partial charge in [0.05, 0.1) is 0 Å². The number of hydrogen-bond donors (Lipinski definition) is 1. The van der Waals surface area contributed by atoms with E-state index in [1.807, 2.05) is 58.0 Å². The minimum atomic E-state index is -0.459. The first-order chi connectivity index (χ1) is 7.94. The molecule has 0 fully saturated rings. The summed E-state index contributed by atoms with van der Waals surface area (Å²) >= 11 is 0. The Morgan fingerprint density at radius 3 is 2.35 bits per heavy atom. The van der Waals surface area contributed by atoms with Gasteiger partial charge in [-0.2, -0.15) is 0 Å². The smallest absolute Gasteiger partial charge is 0.328 e. The number of benzene rings is 1. The zero-order valence-electron chi connectivity index (χ0n) is 11.0. The topological polar surface area (TPSA) is 38.3 Å². The average Bonchev–Trinajstić information content (AvgIpc) is 2.24. The fraction of sp³-hybridized carbons (Fsp3) is 0.500. The van der Waals surface area contributed by atoms with E-state index in [2.05, 4.69) is 5.32 Å². The highest BCUT2D eigenvalue weighted by Gasteiger charge is 2.25. The first kappa shape index (κ1) is 13.7. The van der Waals surface area contributed by atoms with Gasteiger partial charge in [0.1, 0.15) is 11.6 Å². The van der Waals surface area contributed by atoms with Crippen LogP contribution in [0, 0.1) is 0 Å². The zero-order valence-corrected chi connectivity index (χ0v) is 11.0. The van der Waals surface area contributed by atoms with E-state index >= 15 is 0 Å². The van der Waals surface area contributed by atoms with Gasteiger partial charge in [-0.1, -0.05) is 37.3 Å². The van der Waals surface area contributed by atoms with E-state index in [-0.39, 0.29) is 12.0 Å². The summed E-state index contributed by atoms with van der Waals surface area (Å²) in [4.78, 5) is 12.1. The standard InChI is InChI=1S/C14H21NO2/c1-5-15-12(11-9-7-6-8-10-11)13(16)17-14(2,3)4/h6-10,12,15H,5H2,1-4H3. The van der Waals surface area contributed by atoms with E-state index in [9.17, 15) is 4.79 Å². The van der Waals surface area contributed by atoms with Crippen LogP contribution in [0.25, 0.3) is 0 Å². The molecule has 1 aromatic carbocycles. The van der Waals surface area contributed by atoms with Crippen LogP contribution in [-0.2, 0) is 9.53 Å². The lowest BCUT2D eigenvalue weighted by Crippen LogP contribution is -2.34. The number of carbonyl (C=O) groups is 1. The number of hydrogen-bond acceptors (Lipinski definition) is 3. The van der Waals surface area contributed by atoms with Crippen molar-refractivity contribution in [3.63, 3.8) is 0 Å². The number of nitrogens with one attached hydrogen (secondary N) is 1. The summed E-state index contributed by atoms with van der Waals surface area (Å²) in [7, 11) is 0. The molecule has 1 unspecified atom stereocenters. The molecule has 1 aromatic rings. The van der Waals surface area contributed by atoms with Gasteiger partial charge in [0.25, 0.3) is 0 Å². The first-order valence-electron chi connectivity index (χ1n) is 5.95. The Morgan fingerprint density at radius 1 is 1.29 bits per heavy atom. The van der Waals surface area contributed by atoms with E-state index in [0.717, 1.165) is 12.1 Å². The van der Waals surface area contributed by atoms with Crippen molar-refractivity contribution in [2.24, 2.45) is 0 Å². The van der Waals surface area contributed by atoms with Gasteiger partial charge >= 0.3 is 5.97 Å². The molecular weight excluding hydrogens is 214 g/mol. The summed E-state index contributed by atoms with van der Waals surface area (Å²) in [5.41, 5.74) is 0.475. The van der Waals surface area contributed by atoms with Gasteiger partial charge in [-0.3, -0.25) is 0 Å². The first-order valence-corrected chi connectivity index (χ1v) is 5.95. The van der Waals surface area contributed by atoms with Gasteiger partial charge in [0.2, 0.25) is 0 Å². The Morgan fingerprint density at radius 2 is 1.88 bits per heavy atom. The van der Waals surface area contributed by atoms with Crippen LogP contribution in [0.4, 0.5) is 0 Å². The van der Waals surface area contributed by atoms with Crippen LogP contribution >= 0.6 is 0 Å². The SMILES string of the molecule is CCNC(C(=O)OC(C)(C)C)c1ccccc1. The van der Waals surface area contributed by atoms with Gasteiger partial charge < -0.3 is 10.1 Å². The summed E-state index contributed by atoms with van der Waals surface area (Å²) in [6.45, 7) is 8.32. The third kappa shape index (κ3) is 4.57. The van der Waals surface area contributed by atoms with E-state index in [4.69, 9.17) is 4.74 Å². The summed E-state index contributed by atoms with van der Waals surface area (Å²) in [6.07, 6.45) is 0. The van der Waals surface area contributed by atoms with E-state index in [1.165, 1.54) is 0 Å². The predicted molar refractivity (Wildman–Crippen MR) is 68.7 cm³/mol. The van der Waals surface area contributed by atoms with Crippen molar-refractivity contribution in [1.82, 2.24) is 5.32 Å². The van der Waals surface area contributed by atoms with Crippen LogP contribution < -0.4 is 5.32 Å². The molecule has 94 valence electrons. The van der Waals surface area contributed by atoms with Crippen molar-refractivity contribution in [3.8, 4) is 0 Å². The third-order valence-corrected chi connectivity index (χ3v) is 2.18. The van der Waals surface area contributed by atoms with Gasteiger partial charge in [0.15, 0.2) is 0 Å². The number of rotatable bonds is 4. The zero-order chi connectivity index (χ0) is 12.9. The molecule has 1 rings (SSSR count). The number of ether oxygens (including phenoxy) is 1. The Bertz CT molecular complexity index is 354. The molecule has 3 nitrogen and oxygen atoms in total. The second kappa shape index (κ2) is 5.82. The molecule has 0 spiro atoms. The van der Waals surface area contributed by atoms with Gasteiger partial charge in [-0.15, -0.1) is 0 Å². The summed E-state index contributed by atoms with van der Waals surface area (Å²) in [6, 6.07) is 9.24. The van der Waals surface area contributed by atoms with Crippen molar-refractivity contribution in [1.29, 1.82) is 0 Å². The van der Waals surface area contributed by atoms with Crippen molar-refractivity contribution in [2.75, 3.05) is 6.54 Å². The highest BCUT2D eigenvalue weighted by molar-refractivity contribution is 5.78. The molecule has 1 atom stereocenters. The number of esters is 1. The minimum Gasteiger partial charge on any atom is -0.459 e. The molecule has 0 aliphatic carbocycles. The molecule has 17 heavy (non-hydrogen) atoms. The molecule has 0 aliphatic heterocycles. The molecule has 0 aromatic heterocycles. The van der Waals surface area contributed by atoms with Crippen LogP contribution in [0.2, 0.25) is 0 Å². The van der Waals surface area contributed by atoms with E-state index < -0.39 is 5.60 Å². The fourth-order valence-corrected chi connectivity index (χ4v) is 1.55. The molecule has 0 saturated heterocycles. The van der Waals surface area contributed by atoms with Crippen LogP contribution in [-0.4, -0.2) is 18.1 Å². The quantitative estimate of drug-likeness (QED) is 0.815. The monoisotopic (exact) mass is 235 g/mol. The summed E-state index contributed by atoms with van der Waals surface area (Å²) < 4.78 is 5.41. The maximum Gasteiger partial charge on any atom is 0.328 e. The fourth-order valence-electron chi connectivity index (χ4n) is 1.55. The van der Waals surface area contributed by atoms with Crippen molar-refractivity contribution < 1.29 is 9.53 Å². The third-order valence-electron chi connectivity index (χ3n) is 2.18. The maximum absolute atomic E-state index is 12.1. The van der Waals surface area contributed by atoms with Gasteiger partial charge in [-0.25, -0.2) is 4.79 Å². The van der Waals surface area contributed by atoms with Gasteiger partial charge in [0, 0.05) is 0 Å². The normalized spacial score (nSPS) is 13.2. The number of likely N-dealkylation sites (N-methyl/N-ethyl adjacent to an activating group) is 1. The molecular formula is C14H21NO2. The Labute approximate surface area is 103 Å². The Balaban J connectivity index is 2.83. The number of carbonyl (C=O) groups excluding carboxylic acids is 1. The van der Waals surface area contributed by atoms with E-state index in [1.54, 1.807) is 0 Å². The van der Waals surface area contributed by atoms with Gasteiger partial charge in [-0.05, 0) is 32.9 Å². The lowest BCUT2D eigenvalue weighted by molar-refractivity contribution is -0.157. The average molecular weight is 235 g/mol. The second-order valence-corrected chi connectivity index (χ2v) is 4.93. The summed E-state index contributed by atoms with van der Waals surface area (Å²) in [5, 5.41) is 3.15. The van der Waals surface area contributed by atoms with Crippen LogP contribution in [0.3, 0.4) is 0 Å². The predicted octanol–water partition coefficient (Wildman–Crippen LogP) is 2.68. The summed E-state index contributed by atoms with van der Waals surface area (Å²) in [5.74, 6) is -0.231. The molecule has 3 heteroatoms.